The summed E-state index contributed by atoms with van der Waals surface area (Å²) in [5.74, 6) is -0.0136. The number of thiazole rings is 1. The van der Waals surface area contributed by atoms with E-state index < -0.39 is 5.41 Å². The lowest BCUT2D eigenvalue weighted by molar-refractivity contribution is -0.123. The molecule has 0 radical (unpaired) electrons. The standard InChI is InChI=1S/C20H20N2OS/c1-20(2,13-15-9-5-3-6-10-15)18(23)22-19-21-17(14-24-19)16-11-7-4-8-12-16/h3-12,14H,13H2,1-2H3,(H,21,22,23). The second kappa shape index (κ2) is 6.97. The van der Waals surface area contributed by atoms with Crippen molar-refractivity contribution >= 4 is 22.4 Å². The molecule has 0 saturated heterocycles. The van der Waals surface area contributed by atoms with Gasteiger partial charge in [-0.25, -0.2) is 4.98 Å². The fourth-order valence-corrected chi connectivity index (χ4v) is 3.24. The van der Waals surface area contributed by atoms with E-state index in [9.17, 15) is 4.79 Å². The van der Waals surface area contributed by atoms with Crippen LogP contribution >= 0.6 is 11.3 Å². The van der Waals surface area contributed by atoms with Gasteiger partial charge in [0.15, 0.2) is 5.13 Å². The summed E-state index contributed by atoms with van der Waals surface area (Å²) in [6.45, 7) is 3.92. The number of hydrogen-bond acceptors (Lipinski definition) is 3. The van der Waals surface area contributed by atoms with E-state index in [0.717, 1.165) is 16.8 Å². The predicted molar refractivity (Wildman–Crippen MR) is 100 cm³/mol. The van der Waals surface area contributed by atoms with Crippen LogP contribution in [0.5, 0.6) is 0 Å². The SMILES string of the molecule is CC(C)(Cc1ccccc1)C(=O)Nc1nc(-c2ccccc2)cs1. The minimum atomic E-state index is -0.500. The molecule has 1 aromatic heterocycles. The van der Waals surface area contributed by atoms with Crippen molar-refractivity contribution in [1.82, 2.24) is 4.98 Å². The van der Waals surface area contributed by atoms with Gasteiger partial charge in [0.2, 0.25) is 5.91 Å². The maximum absolute atomic E-state index is 12.6. The number of amides is 1. The molecule has 1 N–H and O–H groups in total. The number of carbonyl (C=O) groups excluding carboxylic acids is 1. The summed E-state index contributed by atoms with van der Waals surface area (Å²) in [5.41, 5.74) is 2.59. The molecule has 0 aliphatic rings. The lowest BCUT2D eigenvalue weighted by atomic mass is 9.85. The van der Waals surface area contributed by atoms with E-state index in [0.29, 0.717) is 11.6 Å². The smallest absolute Gasteiger partial charge is 0.232 e. The van der Waals surface area contributed by atoms with Crippen molar-refractivity contribution in [2.75, 3.05) is 5.32 Å². The number of aromatic nitrogens is 1. The van der Waals surface area contributed by atoms with Crippen molar-refractivity contribution in [1.29, 1.82) is 0 Å². The summed E-state index contributed by atoms with van der Waals surface area (Å²) in [6, 6.07) is 20.0. The van der Waals surface area contributed by atoms with E-state index in [4.69, 9.17) is 0 Å². The fourth-order valence-electron chi connectivity index (χ4n) is 2.53. The van der Waals surface area contributed by atoms with E-state index in [-0.39, 0.29) is 5.91 Å². The Morgan fingerprint density at radius 2 is 1.67 bits per heavy atom. The summed E-state index contributed by atoms with van der Waals surface area (Å²) < 4.78 is 0. The van der Waals surface area contributed by atoms with E-state index in [1.165, 1.54) is 11.3 Å². The molecule has 4 heteroatoms. The van der Waals surface area contributed by atoms with Crippen LogP contribution in [-0.2, 0) is 11.2 Å². The molecule has 0 bridgehead atoms. The summed E-state index contributed by atoms with van der Waals surface area (Å²) in [7, 11) is 0. The van der Waals surface area contributed by atoms with Gasteiger partial charge in [-0.2, -0.15) is 0 Å². The Labute approximate surface area is 146 Å². The number of nitrogens with one attached hydrogen (secondary N) is 1. The predicted octanol–water partition coefficient (Wildman–Crippen LogP) is 5.02. The number of benzene rings is 2. The lowest BCUT2D eigenvalue weighted by Crippen LogP contribution is -2.32. The van der Waals surface area contributed by atoms with Crippen molar-refractivity contribution in [3.05, 3.63) is 71.6 Å². The molecule has 3 rings (SSSR count). The minimum absolute atomic E-state index is 0.0136. The minimum Gasteiger partial charge on any atom is -0.301 e. The quantitative estimate of drug-likeness (QED) is 0.711. The van der Waals surface area contributed by atoms with Gasteiger partial charge in [-0.1, -0.05) is 74.5 Å². The molecule has 3 aromatic rings. The maximum atomic E-state index is 12.6. The Morgan fingerprint density at radius 3 is 2.33 bits per heavy atom. The summed E-state index contributed by atoms with van der Waals surface area (Å²) >= 11 is 1.45. The first-order chi connectivity index (χ1) is 11.5. The number of nitrogens with zero attached hydrogens (tertiary/aromatic N) is 1. The highest BCUT2D eigenvalue weighted by molar-refractivity contribution is 7.14. The van der Waals surface area contributed by atoms with Crippen LogP contribution < -0.4 is 5.32 Å². The third kappa shape index (κ3) is 3.89. The first-order valence-electron chi connectivity index (χ1n) is 7.91. The second-order valence-electron chi connectivity index (χ2n) is 6.40. The van der Waals surface area contributed by atoms with Crippen LogP contribution in [0.25, 0.3) is 11.3 Å². The number of rotatable bonds is 5. The highest BCUT2D eigenvalue weighted by Gasteiger charge is 2.28. The molecule has 0 unspecified atom stereocenters. The molecule has 2 aromatic carbocycles. The van der Waals surface area contributed by atoms with Gasteiger partial charge in [0, 0.05) is 16.4 Å². The Balaban J connectivity index is 1.69. The monoisotopic (exact) mass is 336 g/mol. The fraction of sp³-hybridized carbons (Fsp3) is 0.200. The Bertz CT molecular complexity index is 810. The summed E-state index contributed by atoms with van der Waals surface area (Å²) in [5, 5.41) is 5.57. The van der Waals surface area contributed by atoms with E-state index in [1.807, 2.05) is 79.9 Å². The molecule has 0 spiro atoms. The molecule has 1 amide bonds. The van der Waals surface area contributed by atoms with E-state index in [2.05, 4.69) is 10.3 Å². The average Bonchev–Trinajstić information content (AvgIpc) is 3.05. The number of carbonyl (C=O) groups is 1. The molecule has 3 nitrogen and oxygen atoms in total. The van der Waals surface area contributed by atoms with Crippen LogP contribution in [0.2, 0.25) is 0 Å². The molecule has 122 valence electrons. The lowest BCUT2D eigenvalue weighted by Gasteiger charge is -2.22. The van der Waals surface area contributed by atoms with Crippen molar-refractivity contribution in [2.24, 2.45) is 5.41 Å². The highest BCUT2D eigenvalue weighted by atomic mass is 32.1. The maximum Gasteiger partial charge on any atom is 0.232 e. The van der Waals surface area contributed by atoms with Crippen molar-refractivity contribution < 1.29 is 4.79 Å². The Kier molecular flexibility index (Phi) is 4.76. The van der Waals surface area contributed by atoms with Crippen LogP contribution in [0.15, 0.2) is 66.0 Å². The highest BCUT2D eigenvalue weighted by Crippen LogP contribution is 2.28. The molecule has 1 heterocycles. The molecule has 0 aliphatic carbocycles. The Hall–Kier alpha value is -2.46. The first-order valence-corrected chi connectivity index (χ1v) is 8.79. The van der Waals surface area contributed by atoms with Crippen LogP contribution in [0.1, 0.15) is 19.4 Å². The van der Waals surface area contributed by atoms with Crippen LogP contribution in [0.3, 0.4) is 0 Å². The number of anilines is 1. The Morgan fingerprint density at radius 1 is 1.04 bits per heavy atom. The zero-order chi connectivity index (χ0) is 17.0. The van der Waals surface area contributed by atoms with Gasteiger partial charge in [0.1, 0.15) is 0 Å². The first kappa shape index (κ1) is 16.4. The zero-order valence-corrected chi connectivity index (χ0v) is 14.6. The van der Waals surface area contributed by atoms with Gasteiger partial charge < -0.3 is 5.32 Å². The van der Waals surface area contributed by atoms with E-state index in [1.54, 1.807) is 0 Å². The van der Waals surface area contributed by atoms with Crippen LogP contribution in [0, 0.1) is 5.41 Å². The van der Waals surface area contributed by atoms with Crippen LogP contribution in [0.4, 0.5) is 5.13 Å². The third-order valence-electron chi connectivity index (χ3n) is 3.90. The van der Waals surface area contributed by atoms with Crippen molar-refractivity contribution in [2.45, 2.75) is 20.3 Å². The number of hydrogen-bond donors (Lipinski definition) is 1. The zero-order valence-electron chi connectivity index (χ0n) is 13.8. The van der Waals surface area contributed by atoms with Crippen LogP contribution in [-0.4, -0.2) is 10.9 Å². The third-order valence-corrected chi connectivity index (χ3v) is 4.66. The molecule has 0 atom stereocenters. The van der Waals surface area contributed by atoms with Gasteiger partial charge in [-0.15, -0.1) is 11.3 Å². The average molecular weight is 336 g/mol. The normalized spacial score (nSPS) is 11.2. The van der Waals surface area contributed by atoms with E-state index >= 15 is 0 Å². The van der Waals surface area contributed by atoms with Gasteiger partial charge in [-0.3, -0.25) is 4.79 Å². The van der Waals surface area contributed by atoms with Crippen molar-refractivity contribution in [3.63, 3.8) is 0 Å². The molecule has 0 fully saturated rings. The topological polar surface area (TPSA) is 42.0 Å². The molecular weight excluding hydrogens is 316 g/mol. The van der Waals surface area contributed by atoms with Gasteiger partial charge in [0.25, 0.3) is 0 Å². The molecular formula is C20H20N2OS. The van der Waals surface area contributed by atoms with Gasteiger partial charge >= 0.3 is 0 Å². The van der Waals surface area contributed by atoms with Gasteiger partial charge in [0.05, 0.1) is 5.69 Å². The van der Waals surface area contributed by atoms with Crippen molar-refractivity contribution in [3.8, 4) is 11.3 Å². The largest absolute Gasteiger partial charge is 0.301 e. The summed E-state index contributed by atoms with van der Waals surface area (Å²) in [4.78, 5) is 17.2. The summed E-state index contributed by atoms with van der Waals surface area (Å²) in [6.07, 6.45) is 0.691. The molecule has 24 heavy (non-hydrogen) atoms. The molecule has 0 saturated carbocycles. The van der Waals surface area contributed by atoms with Gasteiger partial charge in [-0.05, 0) is 12.0 Å². The second-order valence-corrected chi connectivity index (χ2v) is 7.26. The molecule has 0 aliphatic heterocycles.